The molecule has 6 heteroatoms. The smallest absolute Gasteiger partial charge is 0.275 e. The highest BCUT2D eigenvalue weighted by Gasteiger charge is 2.11. The number of para-hydroxylation sites is 1. The number of rotatable bonds is 6. The molecule has 0 saturated carbocycles. The van der Waals surface area contributed by atoms with Gasteiger partial charge in [-0.2, -0.15) is 5.10 Å². The largest absolute Gasteiger partial charge is 0.488 e. The van der Waals surface area contributed by atoms with Crippen LogP contribution in [0.4, 0.5) is 0 Å². The van der Waals surface area contributed by atoms with Gasteiger partial charge in [-0.05, 0) is 41.3 Å². The van der Waals surface area contributed by atoms with Gasteiger partial charge in [0.15, 0.2) is 0 Å². The lowest BCUT2D eigenvalue weighted by molar-refractivity contribution is 0.0950. The molecular weight excluding hydrogens is 356 g/mol. The third-order valence-electron chi connectivity index (χ3n) is 3.34. The van der Waals surface area contributed by atoms with E-state index in [9.17, 15) is 4.79 Å². The molecule has 2 aromatic carbocycles. The van der Waals surface area contributed by atoms with E-state index in [1.807, 2.05) is 35.7 Å². The van der Waals surface area contributed by atoms with Crippen molar-refractivity contribution in [1.82, 2.24) is 5.43 Å². The Hall–Kier alpha value is -2.63. The summed E-state index contributed by atoms with van der Waals surface area (Å²) in [5.41, 5.74) is 3.92. The predicted octanol–water partition coefficient (Wildman–Crippen LogP) is 4.74. The minimum Gasteiger partial charge on any atom is -0.488 e. The van der Waals surface area contributed by atoms with Crippen LogP contribution in [-0.2, 0) is 6.61 Å². The summed E-state index contributed by atoms with van der Waals surface area (Å²) in [7, 11) is 0. The lowest BCUT2D eigenvalue weighted by atomic mass is 10.2. The van der Waals surface area contributed by atoms with Crippen molar-refractivity contribution in [2.24, 2.45) is 5.10 Å². The number of carbonyl (C=O) groups is 1. The first-order valence-corrected chi connectivity index (χ1v) is 8.81. The summed E-state index contributed by atoms with van der Waals surface area (Å²) in [6.07, 6.45) is 1.61. The molecule has 0 aliphatic heterocycles. The molecule has 3 rings (SSSR count). The molecule has 1 N–H and O–H groups in total. The highest BCUT2D eigenvalue weighted by Crippen LogP contribution is 2.20. The number of benzene rings is 2. The third kappa shape index (κ3) is 4.92. The van der Waals surface area contributed by atoms with Crippen LogP contribution in [0.3, 0.4) is 0 Å². The normalized spacial score (nSPS) is 10.8. The van der Waals surface area contributed by atoms with Crippen LogP contribution in [0.5, 0.6) is 5.75 Å². The Morgan fingerprint density at radius 2 is 1.92 bits per heavy atom. The van der Waals surface area contributed by atoms with Crippen molar-refractivity contribution < 1.29 is 9.53 Å². The molecule has 3 aromatic rings. The number of halogens is 1. The number of nitrogens with zero attached hydrogens (tertiary/aromatic N) is 1. The van der Waals surface area contributed by atoms with Crippen molar-refractivity contribution in [3.05, 3.63) is 87.1 Å². The Kier molecular flexibility index (Phi) is 5.82. The van der Waals surface area contributed by atoms with Gasteiger partial charge in [0.05, 0.1) is 11.8 Å². The number of ether oxygens (including phenoxy) is 1. The molecule has 0 fully saturated rings. The Morgan fingerprint density at radius 3 is 2.68 bits per heavy atom. The van der Waals surface area contributed by atoms with Crippen molar-refractivity contribution in [2.45, 2.75) is 6.61 Å². The van der Waals surface area contributed by atoms with Crippen LogP contribution in [0.1, 0.15) is 20.8 Å². The molecule has 0 saturated heterocycles. The average Bonchev–Trinajstić information content (AvgIpc) is 3.15. The number of hydrogen-bond acceptors (Lipinski definition) is 4. The zero-order chi connectivity index (χ0) is 17.5. The van der Waals surface area contributed by atoms with Gasteiger partial charge >= 0.3 is 0 Å². The monoisotopic (exact) mass is 370 g/mol. The Bertz CT molecular complexity index is 861. The highest BCUT2D eigenvalue weighted by atomic mass is 35.5. The molecule has 0 bridgehead atoms. The van der Waals surface area contributed by atoms with Crippen LogP contribution in [-0.4, -0.2) is 12.1 Å². The van der Waals surface area contributed by atoms with Crippen LogP contribution in [0.15, 0.2) is 71.1 Å². The number of hydrogen-bond donors (Lipinski definition) is 1. The van der Waals surface area contributed by atoms with Crippen LogP contribution >= 0.6 is 22.9 Å². The molecule has 1 amide bonds. The molecule has 1 heterocycles. The highest BCUT2D eigenvalue weighted by molar-refractivity contribution is 7.11. The lowest BCUT2D eigenvalue weighted by Gasteiger charge is -2.10. The van der Waals surface area contributed by atoms with Crippen LogP contribution < -0.4 is 10.2 Å². The van der Waals surface area contributed by atoms with Crippen molar-refractivity contribution in [2.75, 3.05) is 0 Å². The number of thiophene rings is 1. The Morgan fingerprint density at radius 1 is 1.12 bits per heavy atom. The van der Waals surface area contributed by atoms with Gasteiger partial charge in [-0.25, -0.2) is 5.43 Å². The van der Waals surface area contributed by atoms with Crippen LogP contribution in [0.25, 0.3) is 0 Å². The fraction of sp³-hybridized carbons (Fsp3) is 0.0526. The number of amides is 1. The van der Waals surface area contributed by atoms with Crippen molar-refractivity contribution in [1.29, 1.82) is 0 Å². The van der Waals surface area contributed by atoms with Crippen LogP contribution in [0.2, 0.25) is 5.02 Å². The molecule has 1 aromatic heterocycles. The molecule has 0 spiro atoms. The van der Waals surface area contributed by atoms with E-state index in [1.165, 1.54) is 0 Å². The molecule has 0 radical (unpaired) electrons. The first kappa shape index (κ1) is 17.2. The van der Waals surface area contributed by atoms with Gasteiger partial charge in [0, 0.05) is 9.90 Å². The van der Waals surface area contributed by atoms with E-state index in [-0.39, 0.29) is 5.91 Å². The zero-order valence-corrected chi connectivity index (χ0v) is 14.8. The van der Waals surface area contributed by atoms with E-state index < -0.39 is 0 Å². The fourth-order valence-electron chi connectivity index (χ4n) is 2.10. The summed E-state index contributed by atoms with van der Waals surface area (Å²) in [5.74, 6) is 0.181. The van der Waals surface area contributed by atoms with Gasteiger partial charge < -0.3 is 4.74 Å². The first-order valence-electron chi connectivity index (χ1n) is 7.55. The summed E-state index contributed by atoms with van der Waals surface area (Å²) in [5, 5.41) is 6.60. The van der Waals surface area contributed by atoms with E-state index in [0.717, 1.165) is 10.4 Å². The summed E-state index contributed by atoms with van der Waals surface area (Å²) in [4.78, 5) is 13.3. The zero-order valence-electron chi connectivity index (χ0n) is 13.2. The summed E-state index contributed by atoms with van der Waals surface area (Å²) in [6.45, 7) is 0.347. The maximum Gasteiger partial charge on any atom is 0.275 e. The van der Waals surface area contributed by atoms with E-state index in [1.54, 1.807) is 47.9 Å². The van der Waals surface area contributed by atoms with E-state index in [2.05, 4.69) is 10.5 Å². The van der Waals surface area contributed by atoms with Gasteiger partial charge in [0.2, 0.25) is 0 Å². The molecule has 0 unspecified atom stereocenters. The maximum atomic E-state index is 12.3. The Balaban J connectivity index is 1.65. The van der Waals surface area contributed by atoms with Gasteiger partial charge in [-0.3, -0.25) is 4.79 Å². The molecular formula is C19H15ClN2O2S. The first-order chi connectivity index (χ1) is 12.2. The fourth-order valence-corrected chi connectivity index (χ4v) is 2.81. The van der Waals surface area contributed by atoms with Crippen LogP contribution in [0, 0.1) is 0 Å². The molecule has 0 atom stereocenters. The second kappa shape index (κ2) is 8.46. The van der Waals surface area contributed by atoms with Crippen molar-refractivity contribution in [3.63, 3.8) is 0 Å². The summed E-state index contributed by atoms with van der Waals surface area (Å²) < 4.78 is 5.78. The minimum absolute atomic E-state index is 0.320. The standard InChI is InChI=1S/C19H15ClN2O2S/c20-15-9-7-14(8-10-15)13-24-18-6-2-1-5-17(18)19(23)22-21-12-16-4-3-11-25-16/h1-12H,13H2,(H,22,23)/b21-12+. The van der Waals surface area contributed by atoms with E-state index in [4.69, 9.17) is 16.3 Å². The van der Waals surface area contributed by atoms with Crippen molar-refractivity contribution >= 4 is 35.1 Å². The quantitative estimate of drug-likeness (QED) is 0.503. The molecule has 0 aliphatic carbocycles. The van der Waals surface area contributed by atoms with E-state index >= 15 is 0 Å². The van der Waals surface area contributed by atoms with Gasteiger partial charge in [0.25, 0.3) is 5.91 Å². The lowest BCUT2D eigenvalue weighted by Crippen LogP contribution is -2.18. The number of nitrogens with one attached hydrogen (secondary N) is 1. The second-order valence-electron chi connectivity index (χ2n) is 5.13. The third-order valence-corrected chi connectivity index (χ3v) is 4.40. The molecule has 25 heavy (non-hydrogen) atoms. The molecule has 0 aliphatic rings. The minimum atomic E-state index is -0.320. The number of carbonyl (C=O) groups excluding carboxylic acids is 1. The van der Waals surface area contributed by atoms with E-state index in [0.29, 0.717) is 22.9 Å². The maximum absolute atomic E-state index is 12.3. The predicted molar refractivity (Wildman–Crippen MR) is 102 cm³/mol. The summed E-state index contributed by atoms with van der Waals surface area (Å²) in [6, 6.07) is 18.3. The van der Waals surface area contributed by atoms with Gasteiger partial charge in [0.1, 0.15) is 12.4 Å². The van der Waals surface area contributed by atoms with Crippen molar-refractivity contribution in [3.8, 4) is 5.75 Å². The Labute approximate surface area is 154 Å². The molecule has 126 valence electrons. The average molecular weight is 371 g/mol. The van der Waals surface area contributed by atoms with Gasteiger partial charge in [-0.15, -0.1) is 11.3 Å². The topological polar surface area (TPSA) is 50.7 Å². The van der Waals surface area contributed by atoms with Gasteiger partial charge in [-0.1, -0.05) is 41.9 Å². The molecule has 4 nitrogen and oxygen atoms in total. The second-order valence-corrected chi connectivity index (χ2v) is 6.54. The SMILES string of the molecule is O=C(N/N=C/c1cccs1)c1ccccc1OCc1ccc(Cl)cc1. The number of hydrazone groups is 1. The summed E-state index contributed by atoms with van der Waals surface area (Å²) >= 11 is 7.42.